The molecule has 1 aliphatic rings. The first-order valence-corrected chi connectivity index (χ1v) is 11.2. The Balaban J connectivity index is 1.40. The molecule has 1 unspecified atom stereocenters. The van der Waals surface area contributed by atoms with Crippen LogP contribution in [-0.4, -0.2) is 43.2 Å². The summed E-state index contributed by atoms with van der Waals surface area (Å²) in [6, 6.07) is 5.59. The minimum Gasteiger partial charge on any atom is -0.350 e. The van der Waals surface area contributed by atoms with Gasteiger partial charge in [0.05, 0.1) is 0 Å². The number of nitrogens with zero attached hydrogens (tertiary/aromatic N) is 6. The van der Waals surface area contributed by atoms with Gasteiger partial charge in [-0.25, -0.2) is 14.4 Å². The number of thiazole rings is 1. The molecule has 1 aromatic carbocycles. The minimum atomic E-state index is -0.409. The maximum Gasteiger partial charge on any atom is 0.294 e. The molecule has 170 valence electrons. The Bertz CT molecular complexity index is 1400. The second-order valence-corrected chi connectivity index (χ2v) is 8.75. The summed E-state index contributed by atoms with van der Waals surface area (Å²) < 4.78 is 19.6. The van der Waals surface area contributed by atoms with E-state index in [-0.39, 0.29) is 34.5 Å². The van der Waals surface area contributed by atoms with Crippen molar-refractivity contribution in [2.45, 2.75) is 32.4 Å². The van der Waals surface area contributed by atoms with Gasteiger partial charge in [-0.05, 0) is 37.5 Å². The highest BCUT2D eigenvalue weighted by molar-refractivity contribution is 7.21. The van der Waals surface area contributed by atoms with Crippen molar-refractivity contribution in [3.05, 3.63) is 51.8 Å². The van der Waals surface area contributed by atoms with E-state index in [0.29, 0.717) is 35.3 Å². The number of aryl methyl sites for hydroxylation is 1. The van der Waals surface area contributed by atoms with E-state index >= 15 is 0 Å². The Morgan fingerprint density at radius 1 is 1.27 bits per heavy atom. The molecule has 1 N–H and O–H groups in total. The van der Waals surface area contributed by atoms with Gasteiger partial charge in [0.15, 0.2) is 21.3 Å². The largest absolute Gasteiger partial charge is 0.350 e. The molecule has 1 saturated heterocycles. The lowest BCUT2D eigenvalue weighted by atomic mass is 10.2. The molecule has 1 amide bonds. The monoisotopic (exact) mass is 469 g/mol. The van der Waals surface area contributed by atoms with Crippen LogP contribution in [0.5, 0.6) is 0 Å². The quantitative estimate of drug-likeness (QED) is 0.472. The van der Waals surface area contributed by atoms with Crippen LogP contribution in [0.3, 0.4) is 0 Å². The number of benzene rings is 1. The maximum absolute atomic E-state index is 13.1. The number of rotatable bonds is 5. The van der Waals surface area contributed by atoms with Crippen LogP contribution < -0.4 is 15.8 Å². The number of hydrogen-bond acceptors (Lipinski definition) is 9. The molecule has 3 aromatic heterocycles. The van der Waals surface area contributed by atoms with Gasteiger partial charge in [0, 0.05) is 20.1 Å². The molecule has 12 heteroatoms. The highest BCUT2D eigenvalue weighted by Gasteiger charge is 2.33. The van der Waals surface area contributed by atoms with Crippen LogP contribution in [0.15, 0.2) is 33.6 Å². The zero-order chi connectivity index (χ0) is 23.1. The first-order valence-electron chi connectivity index (χ1n) is 10.4. The van der Waals surface area contributed by atoms with Crippen molar-refractivity contribution in [2.24, 2.45) is 7.05 Å². The van der Waals surface area contributed by atoms with Gasteiger partial charge in [0.1, 0.15) is 11.9 Å². The first-order chi connectivity index (χ1) is 15.9. The fraction of sp³-hybridized carbons (Fsp3) is 0.333. The van der Waals surface area contributed by atoms with Crippen LogP contribution in [0.1, 0.15) is 24.2 Å². The standard InChI is InChI=1S/C21H20FN7O3S/c1-11-24-18(32-27-11)16-26-19-15(20(31)28(16)2)25-21(33-19)29-9-3-4-14(29)17(30)23-10-12-5-7-13(22)8-6-12/h5-8,14H,3-4,9-10H2,1-2H3,(H,23,30). The lowest BCUT2D eigenvalue weighted by molar-refractivity contribution is -0.122. The number of halogens is 1. The van der Waals surface area contributed by atoms with Crippen molar-refractivity contribution in [3.8, 4) is 11.7 Å². The Morgan fingerprint density at radius 3 is 2.79 bits per heavy atom. The number of carbonyl (C=O) groups is 1. The van der Waals surface area contributed by atoms with E-state index in [4.69, 9.17) is 4.52 Å². The van der Waals surface area contributed by atoms with Gasteiger partial charge < -0.3 is 14.7 Å². The predicted octanol–water partition coefficient (Wildman–Crippen LogP) is 2.17. The van der Waals surface area contributed by atoms with Gasteiger partial charge >= 0.3 is 0 Å². The Morgan fingerprint density at radius 2 is 2.06 bits per heavy atom. The smallest absolute Gasteiger partial charge is 0.294 e. The van der Waals surface area contributed by atoms with Crippen molar-refractivity contribution in [3.63, 3.8) is 0 Å². The Kier molecular flexibility index (Phi) is 5.36. The van der Waals surface area contributed by atoms with Gasteiger partial charge in [-0.15, -0.1) is 0 Å². The lowest BCUT2D eigenvalue weighted by Crippen LogP contribution is -2.43. The highest BCUT2D eigenvalue weighted by Crippen LogP contribution is 2.32. The molecule has 0 bridgehead atoms. The topological polar surface area (TPSA) is 119 Å². The number of aromatic nitrogens is 5. The van der Waals surface area contributed by atoms with Gasteiger partial charge in [-0.1, -0.05) is 28.6 Å². The van der Waals surface area contributed by atoms with E-state index in [0.717, 1.165) is 12.0 Å². The van der Waals surface area contributed by atoms with Crippen molar-refractivity contribution >= 4 is 32.7 Å². The third kappa shape index (κ3) is 3.97. The fourth-order valence-electron chi connectivity index (χ4n) is 3.82. The summed E-state index contributed by atoms with van der Waals surface area (Å²) in [6.45, 7) is 2.63. The summed E-state index contributed by atoms with van der Waals surface area (Å²) in [7, 11) is 1.57. The molecule has 4 heterocycles. The minimum absolute atomic E-state index is 0.140. The summed E-state index contributed by atoms with van der Waals surface area (Å²) in [4.78, 5) is 41.3. The van der Waals surface area contributed by atoms with Crippen LogP contribution in [-0.2, 0) is 18.4 Å². The molecule has 10 nitrogen and oxygen atoms in total. The summed E-state index contributed by atoms with van der Waals surface area (Å²) in [6.07, 6.45) is 1.49. The molecule has 0 aliphatic carbocycles. The highest BCUT2D eigenvalue weighted by atomic mass is 32.1. The van der Waals surface area contributed by atoms with Crippen LogP contribution in [0.25, 0.3) is 22.1 Å². The molecule has 0 radical (unpaired) electrons. The Labute approximate surface area is 191 Å². The summed E-state index contributed by atoms with van der Waals surface area (Å²) in [5.41, 5.74) is 0.713. The molecular weight excluding hydrogens is 449 g/mol. The lowest BCUT2D eigenvalue weighted by Gasteiger charge is -2.23. The fourth-order valence-corrected chi connectivity index (χ4v) is 4.83. The van der Waals surface area contributed by atoms with Crippen molar-refractivity contribution in [2.75, 3.05) is 11.4 Å². The molecule has 0 spiro atoms. The third-order valence-corrected chi connectivity index (χ3v) is 6.52. The zero-order valence-corrected chi connectivity index (χ0v) is 18.7. The molecule has 4 aromatic rings. The number of fused-ring (bicyclic) bond motifs is 1. The first kappa shape index (κ1) is 21.2. The van der Waals surface area contributed by atoms with Gasteiger partial charge in [-0.2, -0.15) is 4.98 Å². The summed E-state index contributed by atoms with van der Waals surface area (Å²) in [5.74, 6) is 0.399. The zero-order valence-electron chi connectivity index (χ0n) is 17.9. The van der Waals surface area contributed by atoms with Crippen LogP contribution in [0.2, 0.25) is 0 Å². The van der Waals surface area contributed by atoms with Crippen LogP contribution in [0.4, 0.5) is 9.52 Å². The predicted molar refractivity (Wildman–Crippen MR) is 119 cm³/mol. The normalized spacial score (nSPS) is 16.0. The maximum atomic E-state index is 13.1. The summed E-state index contributed by atoms with van der Waals surface area (Å²) >= 11 is 1.25. The number of hydrogen-bond donors (Lipinski definition) is 1. The molecular formula is C21H20FN7O3S. The van der Waals surface area contributed by atoms with E-state index in [1.807, 2.05) is 4.90 Å². The average molecular weight is 470 g/mol. The molecule has 1 aliphatic heterocycles. The van der Waals surface area contributed by atoms with E-state index in [2.05, 4.69) is 25.4 Å². The summed E-state index contributed by atoms with van der Waals surface area (Å²) in [5, 5.41) is 7.23. The average Bonchev–Trinajstić information content (AvgIpc) is 3.54. The van der Waals surface area contributed by atoms with Crippen molar-refractivity contribution < 1.29 is 13.7 Å². The van der Waals surface area contributed by atoms with Gasteiger partial charge in [-0.3, -0.25) is 14.2 Å². The molecule has 1 fully saturated rings. The second-order valence-electron chi connectivity index (χ2n) is 7.79. The van der Waals surface area contributed by atoms with Crippen molar-refractivity contribution in [1.29, 1.82) is 0 Å². The van der Waals surface area contributed by atoms with E-state index in [9.17, 15) is 14.0 Å². The number of anilines is 1. The number of amides is 1. The van der Waals surface area contributed by atoms with Crippen LogP contribution >= 0.6 is 11.3 Å². The van der Waals surface area contributed by atoms with E-state index in [1.165, 1.54) is 28.0 Å². The van der Waals surface area contributed by atoms with E-state index < -0.39 is 6.04 Å². The third-order valence-electron chi connectivity index (χ3n) is 5.53. The van der Waals surface area contributed by atoms with Gasteiger partial charge in [0.2, 0.25) is 11.7 Å². The molecule has 33 heavy (non-hydrogen) atoms. The van der Waals surface area contributed by atoms with Crippen LogP contribution in [0, 0.1) is 12.7 Å². The van der Waals surface area contributed by atoms with Crippen molar-refractivity contribution in [1.82, 2.24) is 30.0 Å². The molecule has 1 atom stereocenters. The number of nitrogens with one attached hydrogen (secondary N) is 1. The molecule has 5 rings (SSSR count). The number of carbonyl (C=O) groups excluding carboxylic acids is 1. The van der Waals surface area contributed by atoms with E-state index in [1.54, 1.807) is 26.1 Å². The molecule has 0 saturated carbocycles. The SMILES string of the molecule is Cc1noc(-c2nc3sc(N4CCCC4C(=O)NCc4ccc(F)cc4)nc3c(=O)n2C)n1. The Hall–Kier alpha value is -3.67. The second kappa shape index (κ2) is 8.35. The van der Waals surface area contributed by atoms with Gasteiger partial charge in [0.25, 0.3) is 11.4 Å².